The normalized spacial score (nSPS) is 27.6. The summed E-state index contributed by atoms with van der Waals surface area (Å²) in [5.74, 6) is 2.35. The Morgan fingerprint density at radius 3 is 2.88 bits per heavy atom. The predicted molar refractivity (Wildman–Crippen MR) is 98.5 cm³/mol. The zero-order chi connectivity index (χ0) is 16.3. The minimum Gasteiger partial charge on any atom is -0.497 e. The summed E-state index contributed by atoms with van der Waals surface area (Å²) in [5, 5.41) is 3.15. The van der Waals surface area contributed by atoms with Crippen LogP contribution in [0.5, 0.6) is 5.75 Å². The highest BCUT2D eigenvalue weighted by Gasteiger charge is 2.55. The molecule has 0 aliphatic heterocycles. The molecule has 24 heavy (non-hydrogen) atoms. The van der Waals surface area contributed by atoms with Gasteiger partial charge in [-0.15, -0.1) is 12.4 Å². The van der Waals surface area contributed by atoms with Crippen molar-refractivity contribution in [1.82, 2.24) is 5.32 Å². The fourth-order valence-electron chi connectivity index (χ4n) is 4.65. The molecule has 2 saturated carbocycles. The van der Waals surface area contributed by atoms with Gasteiger partial charge in [-0.2, -0.15) is 0 Å². The molecular formula is C19H29ClN2O2. The summed E-state index contributed by atoms with van der Waals surface area (Å²) in [6.07, 6.45) is 6.39. The van der Waals surface area contributed by atoms with Crippen LogP contribution in [0.3, 0.4) is 0 Å². The number of hydrogen-bond donors (Lipinski definition) is 2. The van der Waals surface area contributed by atoms with Crippen molar-refractivity contribution in [1.29, 1.82) is 0 Å². The first-order valence-electron chi connectivity index (χ1n) is 8.79. The molecule has 2 aliphatic carbocycles. The first-order valence-corrected chi connectivity index (χ1v) is 8.79. The van der Waals surface area contributed by atoms with Gasteiger partial charge < -0.3 is 15.8 Å². The van der Waals surface area contributed by atoms with E-state index in [4.69, 9.17) is 10.5 Å². The van der Waals surface area contributed by atoms with E-state index < -0.39 is 0 Å². The van der Waals surface area contributed by atoms with Crippen LogP contribution in [0.25, 0.3) is 0 Å². The molecular weight excluding hydrogens is 324 g/mol. The van der Waals surface area contributed by atoms with Crippen LogP contribution in [0.4, 0.5) is 0 Å². The van der Waals surface area contributed by atoms with Gasteiger partial charge >= 0.3 is 0 Å². The summed E-state index contributed by atoms with van der Waals surface area (Å²) in [6.45, 7) is 1.31. The van der Waals surface area contributed by atoms with Gasteiger partial charge in [0.15, 0.2) is 0 Å². The molecule has 4 nitrogen and oxygen atoms in total. The van der Waals surface area contributed by atoms with E-state index in [2.05, 4.69) is 17.4 Å². The van der Waals surface area contributed by atoms with E-state index in [0.717, 1.165) is 30.9 Å². The average Bonchev–Trinajstić information content (AvgIpc) is 3.16. The van der Waals surface area contributed by atoms with E-state index in [1.165, 1.54) is 24.8 Å². The maximum Gasteiger partial charge on any atom is 0.226 e. The molecule has 0 radical (unpaired) electrons. The van der Waals surface area contributed by atoms with Gasteiger partial charge in [-0.25, -0.2) is 0 Å². The number of carbonyl (C=O) groups is 1. The predicted octanol–water partition coefficient (Wildman–Crippen LogP) is 2.93. The number of nitrogens with one attached hydrogen (secondary N) is 1. The monoisotopic (exact) mass is 352 g/mol. The summed E-state index contributed by atoms with van der Waals surface area (Å²) in [4.78, 5) is 13.0. The highest BCUT2D eigenvalue weighted by Crippen LogP contribution is 2.57. The topological polar surface area (TPSA) is 64.3 Å². The maximum atomic E-state index is 13.0. The molecule has 1 amide bonds. The lowest BCUT2D eigenvalue weighted by atomic mass is 9.68. The third-order valence-electron chi connectivity index (χ3n) is 5.75. The van der Waals surface area contributed by atoms with Crippen molar-refractivity contribution in [3.8, 4) is 5.75 Å². The molecule has 2 bridgehead atoms. The molecule has 134 valence electrons. The minimum atomic E-state index is -0.232. The largest absolute Gasteiger partial charge is 0.497 e. The molecule has 1 aromatic rings. The second-order valence-electron chi connectivity index (χ2n) is 7.16. The lowest BCUT2D eigenvalue weighted by molar-refractivity contribution is -0.134. The number of hydrogen-bond acceptors (Lipinski definition) is 3. The van der Waals surface area contributed by atoms with Gasteiger partial charge in [-0.05, 0) is 68.2 Å². The number of halogens is 1. The van der Waals surface area contributed by atoms with Crippen molar-refractivity contribution < 1.29 is 9.53 Å². The molecule has 2 aliphatic rings. The molecule has 3 rings (SSSR count). The van der Waals surface area contributed by atoms with Crippen molar-refractivity contribution in [2.75, 3.05) is 20.2 Å². The van der Waals surface area contributed by atoms with Crippen LogP contribution in [0, 0.1) is 17.3 Å². The van der Waals surface area contributed by atoms with E-state index >= 15 is 0 Å². The van der Waals surface area contributed by atoms with E-state index in [-0.39, 0.29) is 23.7 Å². The molecule has 0 heterocycles. The second kappa shape index (κ2) is 8.21. The van der Waals surface area contributed by atoms with Gasteiger partial charge in [0.05, 0.1) is 12.5 Å². The maximum absolute atomic E-state index is 13.0. The molecule has 0 spiro atoms. The Labute approximate surface area is 150 Å². The Hall–Kier alpha value is -1.26. The number of nitrogens with two attached hydrogens (primary N) is 1. The summed E-state index contributed by atoms with van der Waals surface area (Å²) in [6, 6.07) is 8.16. The van der Waals surface area contributed by atoms with Crippen LogP contribution in [0.15, 0.2) is 24.3 Å². The number of ether oxygens (including phenoxy) is 1. The molecule has 3 unspecified atom stereocenters. The standard InChI is InChI=1S/C19H28N2O2.ClH/c1-23-17-5-2-4-14(11-17)12-19(18(22)21-9-3-8-20)13-15-6-7-16(19)10-15;/h2,4-5,11,15-16H,3,6-10,12-13,20H2,1H3,(H,21,22);1H. The van der Waals surface area contributed by atoms with Crippen LogP contribution >= 0.6 is 12.4 Å². The number of fused-ring (bicyclic) bond motifs is 2. The summed E-state index contributed by atoms with van der Waals surface area (Å²) in [5.41, 5.74) is 6.52. The van der Waals surface area contributed by atoms with Crippen LogP contribution in [-0.4, -0.2) is 26.1 Å². The Kier molecular flexibility index (Phi) is 6.53. The Balaban J connectivity index is 0.00000208. The SMILES string of the molecule is COc1cccc(CC2(C(=O)NCCCN)CC3CCC2C3)c1.Cl. The first-order chi connectivity index (χ1) is 11.2. The van der Waals surface area contributed by atoms with Crippen molar-refractivity contribution in [2.45, 2.75) is 38.5 Å². The fourth-order valence-corrected chi connectivity index (χ4v) is 4.65. The third kappa shape index (κ3) is 3.70. The molecule has 0 saturated heterocycles. The van der Waals surface area contributed by atoms with Gasteiger partial charge in [0.2, 0.25) is 5.91 Å². The van der Waals surface area contributed by atoms with Crippen LogP contribution in [0.2, 0.25) is 0 Å². The Morgan fingerprint density at radius 1 is 1.42 bits per heavy atom. The van der Waals surface area contributed by atoms with Gasteiger partial charge in [-0.1, -0.05) is 18.6 Å². The van der Waals surface area contributed by atoms with Gasteiger partial charge in [0.1, 0.15) is 5.75 Å². The number of benzene rings is 1. The van der Waals surface area contributed by atoms with E-state index in [9.17, 15) is 4.79 Å². The summed E-state index contributed by atoms with van der Waals surface area (Å²) >= 11 is 0. The minimum absolute atomic E-state index is 0. The molecule has 5 heteroatoms. The van der Waals surface area contributed by atoms with Crippen LogP contribution in [-0.2, 0) is 11.2 Å². The van der Waals surface area contributed by atoms with Crippen molar-refractivity contribution in [3.63, 3.8) is 0 Å². The summed E-state index contributed by atoms with van der Waals surface area (Å²) in [7, 11) is 1.69. The van der Waals surface area contributed by atoms with E-state index in [1.54, 1.807) is 7.11 Å². The Bertz CT molecular complexity index is 566. The Morgan fingerprint density at radius 2 is 2.25 bits per heavy atom. The van der Waals surface area contributed by atoms with Crippen LogP contribution in [0.1, 0.15) is 37.7 Å². The second-order valence-corrected chi connectivity index (χ2v) is 7.16. The zero-order valence-corrected chi connectivity index (χ0v) is 15.2. The van der Waals surface area contributed by atoms with Gasteiger partial charge in [0, 0.05) is 6.54 Å². The molecule has 2 fully saturated rings. The van der Waals surface area contributed by atoms with Crippen molar-refractivity contribution >= 4 is 18.3 Å². The molecule has 1 aromatic carbocycles. The highest BCUT2D eigenvalue weighted by atomic mass is 35.5. The summed E-state index contributed by atoms with van der Waals surface area (Å²) < 4.78 is 5.34. The number of carbonyl (C=O) groups excluding carboxylic acids is 1. The van der Waals surface area contributed by atoms with E-state index in [0.29, 0.717) is 19.0 Å². The number of methoxy groups -OCH3 is 1. The fraction of sp³-hybridized carbons (Fsp3) is 0.632. The van der Waals surface area contributed by atoms with Crippen molar-refractivity contribution in [2.24, 2.45) is 23.0 Å². The van der Waals surface area contributed by atoms with Gasteiger partial charge in [0.25, 0.3) is 0 Å². The number of rotatable bonds is 7. The highest BCUT2D eigenvalue weighted by molar-refractivity contribution is 5.85. The zero-order valence-electron chi connectivity index (χ0n) is 14.4. The quantitative estimate of drug-likeness (QED) is 0.741. The van der Waals surface area contributed by atoms with Crippen LogP contribution < -0.4 is 15.8 Å². The average molecular weight is 353 g/mol. The lowest BCUT2D eigenvalue weighted by Gasteiger charge is -2.36. The third-order valence-corrected chi connectivity index (χ3v) is 5.75. The smallest absolute Gasteiger partial charge is 0.226 e. The molecule has 0 aromatic heterocycles. The lowest BCUT2D eigenvalue weighted by Crippen LogP contribution is -2.46. The molecule has 3 N–H and O–H groups in total. The first kappa shape index (κ1) is 19.1. The van der Waals surface area contributed by atoms with Gasteiger partial charge in [-0.3, -0.25) is 4.79 Å². The van der Waals surface area contributed by atoms with E-state index in [1.807, 2.05) is 12.1 Å². The number of amides is 1. The molecule has 3 atom stereocenters. The van der Waals surface area contributed by atoms with Crippen molar-refractivity contribution in [3.05, 3.63) is 29.8 Å².